The highest BCUT2D eigenvalue weighted by Gasteiger charge is 2.63. The third-order valence-corrected chi connectivity index (χ3v) is 14.7. The van der Waals surface area contributed by atoms with Crippen molar-refractivity contribution in [3.63, 3.8) is 0 Å². The molecule has 1 aromatic heterocycles. The maximum absolute atomic E-state index is 14.8. The van der Waals surface area contributed by atoms with Crippen molar-refractivity contribution >= 4 is 44.6 Å². The van der Waals surface area contributed by atoms with Gasteiger partial charge in [0.1, 0.15) is 17.5 Å². The first-order valence-electron chi connectivity index (χ1n) is 19.8. The predicted molar refractivity (Wildman–Crippen MR) is 206 cm³/mol. The van der Waals surface area contributed by atoms with Gasteiger partial charge in [-0.3, -0.25) is 23.9 Å². The van der Waals surface area contributed by atoms with Crippen molar-refractivity contribution in [1.82, 2.24) is 19.6 Å². The number of ketones is 1. The van der Waals surface area contributed by atoms with E-state index in [9.17, 15) is 40.8 Å². The van der Waals surface area contributed by atoms with Crippen LogP contribution < -0.4 is 14.2 Å². The number of benzene rings is 1. The number of hydrogen-bond acceptors (Lipinski definition) is 11. The number of halogens is 3. The van der Waals surface area contributed by atoms with E-state index in [2.05, 4.69) is 14.7 Å². The molecule has 318 valence electrons. The van der Waals surface area contributed by atoms with E-state index in [4.69, 9.17) is 14.2 Å². The van der Waals surface area contributed by atoms with Crippen LogP contribution in [-0.2, 0) is 33.9 Å². The summed E-state index contributed by atoms with van der Waals surface area (Å²) in [5.74, 6) is -4.55. The largest absolute Gasteiger partial charge is 0.497 e. The summed E-state index contributed by atoms with van der Waals surface area (Å²) in [6.07, 6.45) is -0.308. The van der Waals surface area contributed by atoms with Gasteiger partial charge in [-0.05, 0) is 96.1 Å². The molecule has 1 saturated heterocycles. The fourth-order valence-corrected chi connectivity index (χ4v) is 9.48. The number of sulfonamides is 1. The number of hydrogen-bond donors (Lipinski definition) is 1. The average Bonchev–Trinajstić information content (AvgIpc) is 4.01. The van der Waals surface area contributed by atoms with Crippen molar-refractivity contribution in [2.24, 2.45) is 29.1 Å². The zero-order valence-corrected chi connectivity index (χ0v) is 34.8. The number of aromatic nitrogens is 2. The Morgan fingerprint density at radius 1 is 1.07 bits per heavy atom. The lowest BCUT2D eigenvalue weighted by Crippen LogP contribution is -2.48. The molecule has 0 radical (unpaired) electrons. The lowest BCUT2D eigenvalue weighted by atomic mass is 9.82. The van der Waals surface area contributed by atoms with Crippen molar-refractivity contribution in [2.75, 3.05) is 13.7 Å². The molecule has 13 nitrogen and oxygen atoms in total. The molecule has 58 heavy (non-hydrogen) atoms. The topological polar surface area (TPSA) is 171 Å². The first-order valence-corrected chi connectivity index (χ1v) is 21.3. The van der Waals surface area contributed by atoms with Crippen molar-refractivity contribution in [3.8, 4) is 11.6 Å². The van der Waals surface area contributed by atoms with Gasteiger partial charge in [0, 0.05) is 18.9 Å². The molecular formula is C41H53F3N4O9S. The molecule has 17 heteroatoms. The van der Waals surface area contributed by atoms with Crippen LogP contribution in [0.1, 0.15) is 98.1 Å². The summed E-state index contributed by atoms with van der Waals surface area (Å²) in [6.45, 7) is 8.31. The summed E-state index contributed by atoms with van der Waals surface area (Å²) in [6, 6.07) is 3.98. The molecule has 1 N–H and O–H groups in total. The van der Waals surface area contributed by atoms with Gasteiger partial charge in [-0.25, -0.2) is 18.4 Å². The summed E-state index contributed by atoms with van der Waals surface area (Å²) >= 11 is 0. The van der Waals surface area contributed by atoms with Gasteiger partial charge in [0.15, 0.2) is 5.78 Å². The van der Waals surface area contributed by atoms with Gasteiger partial charge in [-0.15, -0.1) is 0 Å². The van der Waals surface area contributed by atoms with Crippen LogP contribution in [0.25, 0.3) is 11.0 Å². The van der Waals surface area contributed by atoms with Crippen LogP contribution in [0.15, 0.2) is 30.4 Å². The molecule has 2 saturated carbocycles. The number of nitrogens with zero attached hydrogens (tertiary/aromatic N) is 3. The van der Waals surface area contributed by atoms with Gasteiger partial charge >= 0.3 is 12.1 Å². The van der Waals surface area contributed by atoms with Crippen LogP contribution in [-0.4, -0.2) is 89.2 Å². The molecule has 2 aliphatic heterocycles. The lowest BCUT2D eigenvalue weighted by molar-refractivity contribution is -0.257. The van der Waals surface area contributed by atoms with E-state index in [0.29, 0.717) is 54.6 Å². The highest BCUT2D eigenvalue weighted by atomic mass is 32.2. The first kappa shape index (κ1) is 43.3. The molecule has 2 aliphatic carbocycles. The number of methoxy groups -OCH3 is 1. The standard InChI is InChI=1S/C41H53F3N4O9S/c1-23-10-8-9-11-26-20-40(26,37(52)47-58(53,54)39(6)14-15-39)21-33(49)32-18-28(56-35-25(3)45-30-13-12-27(55-7)17-31(30)46-35)22-48(32)36(51)29(24(2)16-23)19-34(50)57-38(4,5)41(42,43)44/h9,11-13,17,23-24,26,28-29,32H,8,10,14-16,18-22H2,1-7H3,(H,47,52)/b11-9-/t23-,24-,26-,28-,29+,32+,40-/m1/s1. The number of carbonyl (C=O) groups is 4. The summed E-state index contributed by atoms with van der Waals surface area (Å²) in [5, 5.41) is 0. The molecule has 2 amide bonds. The van der Waals surface area contributed by atoms with Crippen LogP contribution in [0.4, 0.5) is 13.2 Å². The molecule has 4 aliphatic rings. The van der Waals surface area contributed by atoms with Gasteiger partial charge in [0.05, 0.1) is 53.2 Å². The zero-order chi connectivity index (χ0) is 42.6. The highest BCUT2D eigenvalue weighted by Crippen LogP contribution is 2.58. The SMILES string of the molecule is COc1ccc2nc(C)c(O[C@@H]3C[C@H]4C(=O)C[C@]5(C(=O)NS(=O)(=O)C6(C)CC6)C[C@H]5/C=C\CC[C@@H](C)C[C@@H](C)[C@H](CC(=O)OC(C)(C)C(F)(F)F)C(=O)N4C3)nc2c1. The van der Waals surface area contributed by atoms with Crippen molar-refractivity contribution in [1.29, 1.82) is 0 Å². The van der Waals surface area contributed by atoms with Crippen LogP contribution in [0.2, 0.25) is 0 Å². The van der Waals surface area contributed by atoms with Gasteiger partial charge in [0.25, 0.3) is 0 Å². The van der Waals surface area contributed by atoms with E-state index in [-0.39, 0.29) is 37.6 Å². The van der Waals surface area contributed by atoms with E-state index in [1.807, 2.05) is 19.1 Å². The number of nitrogens with one attached hydrogen (secondary N) is 1. The Morgan fingerprint density at radius 3 is 2.43 bits per heavy atom. The fourth-order valence-electron chi connectivity index (χ4n) is 8.15. The number of ether oxygens (including phenoxy) is 3. The van der Waals surface area contributed by atoms with Crippen molar-refractivity contribution in [3.05, 3.63) is 36.0 Å². The number of alkyl halides is 3. The van der Waals surface area contributed by atoms with Gasteiger partial charge in [0.2, 0.25) is 33.3 Å². The Hall–Kier alpha value is -4.28. The van der Waals surface area contributed by atoms with E-state index in [1.165, 1.54) is 12.0 Å². The average molecular weight is 835 g/mol. The number of esters is 1. The van der Waals surface area contributed by atoms with Crippen molar-refractivity contribution < 1.29 is 55.0 Å². The first-order chi connectivity index (χ1) is 27.0. The van der Waals surface area contributed by atoms with Gasteiger partial charge < -0.3 is 19.1 Å². The summed E-state index contributed by atoms with van der Waals surface area (Å²) in [4.78, 5) is 67.2. The smallest absolute Gasteiger partial charge is 0.427 e. The number of Topliss-reactive ketones (excluding diaryl/α,β-unsaturated/α-hetero) is 1. The molecule has 6 rings (SSSR count). The lowest BCUT2D eigenvalue weighted by Gasteiger charge is -2.33. The summed E-state index contributed by atoms with van der Waals surface area (Å²) < 4.78 is 85.5. The minimum atomic E-state index is -4.87. The molecule has 3 fully saturated rings. The maximum atomic E-state index is 14.8. The number of amides is 2. The molecule has 7 atom stereocenters. The zero-order valence-electron chi connectivity index (χ0n) is 34.0. The van der Waals surface area contributed by atoms with E-state index < -0.39 is 91.8 Å². The second kappa shape index (κ2) is 15.7. The molecule has 2 aromatic rings. The minimum Gasteiger partial charge on any atom is -0.497 e. The van der Waals surface area contributed by atoms with E-state index >= 15 is 0 Å². The van der Waals surface area contributed by atoms with E-state index in [1.54, 1.807) is 39.0 Å². The number of fused-ring (bicyclic) bond motifs is 3. The van der Waals surface area contributed by atoms with Crippen LogP contribution in [0.5, 0.6) is 11.6 Å². The van der Waals surface area contributed by atoms with Gasteiger partial charge in [-0.2, -0.15) is 13.2 Å². The van der Waals surface area contributed by atoms with Crippen molar-refractivity contribution in [2.45, 2.75) is 128 Å². The number of aryl methyl sites for hydroxylation is 1. The number of carbonyl (C=O) groups excluding carboxylic acids is 4. The quantitative estimate of drug-likeness (QED) is 0.227. The Morgan fingerprint density at radius 2 is 1.78 bits per heavy atom. The summed E-state index contributed by atoms with van der Waals surface area (Å²) in [5.41, 5.74) is -2.71. The Kier molecular flexibility index (Phi) is 11.7. The second-order valence-corrected chi connectivity index (χ2v) is 19.8. The molecule has 0 unspecified atom stereocenters. The number of rotatable bonds is 9. The Balaban J connectivity index is 1.35. The van der Waals surface area contributed by atoms with Crippen LogP contribution in [0, 0.1) is 36.0 Å². The fraction of sp³-hybridized carbons (Fsp3) is 0.659. The minimum absolute atomic E-state index is 0.0135. The number of allylic oxidation sites excluding steroid dienone is 2. The van der Waals surface area contributed by atoms with Gasteiger partial charge in [-0.1, -0.05) is 26.0 Å². The molecule has 0 spiro atoms. The molecule has 0 bridgehead atoms. The third kappa shape index (κ3) is 8.83. The Labute approximate surface area is 336 Å². The van der Waals surface area contributed by atoms with E-state index in [0.717, 1.165) is 13.8 Å². The Bertz CT molecular complexity index is 2100. The van der Waals surface area contributed by atoms with Crippen LogP contribution in [0.3, 0.4) is 0 Å². The highest BCUT2D eigenvalue weighted by molar-refractivity contribution is 7.91. The predicted octanol–water partition coefficient (Wildman–Crippen LogP) is 6.16. The summed E-state index contributed by atoms with van der Waals surface area (Å²) in [7, 11) is -2.52. The third-order valence-electron chi connectivity index (χ3n) is 12.5. The molecule has 1 aromatic carbocycles. The molecule has 3 heterocycles. The second-order valence-electron chi connectivity index (χ2n) is 17.6. The maximum Gasteiger partial charge on any atom is 0.427 e. The molecular weight excluding hydrogens is 782 g/mol. The monoisotopic (exact) mass is 834 g/mol. The normalized spacial score (nSPS) is 29.7. The van der Waals surface area contributed by atoms with Crippen LogP contribution >= 0.6 is 0 Å².